The van der Waals surface area contributed by atoms with E-state index < -0.39 is 0 Å². The van der Waals surface area contributed by atoms with E-state index >= 15 is 0 Å². The van der Waals surface area contributed by atoms with E-state index in [-0.39, 0.29) is 11.3 Å². The minimum absolute atomic E-state index is 0.0823. The van der Waals surface area contributed by atoms with Gasteiger partial charge in [-0.2, -0.15) is 0 Å². The molecular formula is C17H21N3O. The average Bonchev–Trinajstić information content (AvgIpc) is 2.45. The topological polar surface area (TPSA) is 54.9 Å². The summed E-state index contributed by atoms with van der Waals surface area (Å²) in [6.07, 6.45) is 5.86. The van der Waals surface area contributed by atoms with Gasteiger partial charge >= 0.3 is 0 Å². The summed E-state index contributed by atoms with van der Waals surface area (Å²) >= 11 is 0. The van der Waals surface area contributed by atoms with E-state index in [2.05, 4.69) is 36.1 Å². The largest absolute Gasteiger partial charge is 0.348 e. The van der Waals surface area contributed by atoms with Crippen molar-refractivity contribution in [1.29, 1.82) is 0 Å². The highest BCUT2D eigenvalue weighted by molar-refractivity contribution is 5.94. The van der Waals surface area contributed by atoms with Gasteiger partial charge in [0.2, 0.25) is 0 Å². The van der Waals surface area contributed by atoms with Crippen LogP contribution in [0.4, 0.5) is 0 Å². The number of amides is 1. The third kappa shape index (κ3) is 4.99. The number of aromatic nitrogens is 2. The maximum absolute atomic E-state index is 12.1. The predicted molar refractivity (Wildman–Crippen MR) is 82.8 cm³/mol. The highest BCUT2D eigenvalue weighted by Crippen LogP contribution is 2.20. The second kappa shape index (κ2) is 6.48. The monoisotopic (exact) mass is 283 g/mol. The van der Waals surface area contributed by atoms with E-state index in [4.69, 9.17) is 0 Å². The van der Waals surface area contributed by atoms with Crippen LogP contribution < -0.4 is 5.32 Å². The van der Waals surface area contributed by atoms with Crippen molar-refractivity contribution in [3.8, 4) is 0 Å². The Labute approximate surface area is 125 Å². The first kappa shape index (κ1) is 15.2. The fraction of sp³-hybridized carbons (Fsp3) is 0.353. The molecule has 0 radical (unpaired) electrons. The molecule has 2 rings (SSSR count). The standard InChI is InChI=1S/C17H21N3O/c1-17(2,3)8-13-4-6-15(7-5-13)16(21)20-11-14-9-18-12-19-10-14/h4-7,9-10,12H,8,11H2,1-3H3,(H,20,21). The van der Waals surface area contributed by atoms with E-state index in [1.807, 2.05) is 24.3 Å². The van der Waals surface area contributed by atoms with Crippen molar-refractivity contribution in [3.63, 3.8) is 0 Å². The Morgan fingerprint density at radius 2 is 1.67 bits per heavy atom. The summed E-state index contributed by atoms with van der Waals surface area (Å²) < 4.78 is 0. The second-order valence-electron chi connectivity index (χ2n) is 6.36. The van der Waals surface area contributed by atoms with Crippen LogP contribution in [0.25, 0.3) is 0 Å². The fourth-order valence-corrected chi connectivity index (χ4v) is 2.09. The molecule has 1 aromatic heterocycles. The van der Waals surface area contributed by atoms with Crippen molar-refractivity contribution >= 4 is 5.91 Å². The van der Waals surface area contributed by atoms with E-state index in [0.29, 0.717) is 12.1 Å². The first-order chi connectivity index (χ1) is 9.94. The Hall–Kier alpha value is -2.23. The fourth-order valence-electron chi connectivity index (χ4n) is 2.09. The Kier molecular flexibility index (Phi) is 4.68. The molecule has 4 heteroatoms. The summed E-state index contributed by atoms with van der Waals surface area (Å²) in [7, 11) is 0. The van der Waals surface area contributed by atoms with Gasteiger partial charge in [0, 0.05) is 30.1 Å². The maximum atomic E-state index is 12.1. The highest BCUT2D eigenvalue weighted by Gasteiger charge is 2.12. The van der Waals surface area contributed by atoms with Gasteiger partial charge in [0.15, 0.2) is 0 Å². The summed E-state index contributed by atoms with van der Waals surface area (Å²) in [5.74, 6) is -0.0823. The number of nitrogens with one attached hydrogen (secondary N) is 1. The molecule has 0 bridgehead atoms. The minimum atomic E-state index is -0.0823. The van der Waals surface area contributed by atoms with E-state index in [1.54, 1.807) is 12.4 Å². The van der Waals surface area contributed by atoms with Gasteiger partial charge in [0.05, 0.1) is 0 Å². The molecule has 0 aliphatic heterocycles. The van der Waals surface area contributed by atoms with Crippen LogP contribution in [0.2, 0.25) is 0 Å². The van der Waals surface area contributed by atoms with Crippen LogP contribution in [-0.2, 0) is 13.0 Å². The van der Waals surface area contributed by atoms with Crippen LogP contribution in [0.3, 0.4) is 0 Å². The summed E-state index contributed by atoms with van der Waals surface area (Å²) in [6.45, 7) is 7.05. The minimum Gasteiger partial charge on any atom is -0.348 e. The Balaban J connectivity index is 1.94. The lowest BCUT2D eigenvalue weighted by Crippen LogP contribution is -2.23. The quantitative estimate of drug-likeness (QED) is 0.938. The van der Waals surface area contributed by atoms with Crippen molar-refractivity contribution in [2.45, 2.75) is 33.7 Å². The molecule has 4 nitrogen and oxygen atoms in total. The van der Waals surface area contributed by atoms with Gasteiger partial charge in [-0.25, -0.2) is 9.97 Å². The van der Waals surface area contributed by atoms with Gasteiger partial charge in [0.1, 0.15) is 6.33 Å². The molecule has 0 aliphatic rings. The summed E-state index contributed by atoms with van der Waals surface area (Å²) in [5.41, 5.74) is 3.05. The van der Waals surface area contributed by atoms with Gasteiger partial charge in [-0.1, -0.05) is 32.9 Å². The number of benzene rings is 1. The van der Waals surface area contributed by atoms with E-state index in [9.17, 15) is 4.79 Å². The number of hydrogen-bond donors (Lipinski definition) is 1. The zero-order chi connectivity index (χ0) is 15.3. The average molecular weight is 283 g/mol. The number of carbonyl (C=O) groups is 1. The van der Waals surface area contributed by atoms with E-state index in [1.165, 1.54) is 11.9 Å². The summed E-state index contributed by atoms with van der Waals surface area (Å²) in [5, 5.41) is 2.86. The van der Waals surface area contributed by atoms with Crippen LogP contribution in [0.1, 0.15) is 42.3 Å². The molecule has 110 valence electrons. The summed E-state index contributed by atoms with van der Waals surface area (Å²) in [6, 6.07) is 7.79. The Morgan fingerprint density at radius 1 is 1.05 bits per heavy atom. The number of rotatable bonds is 4. The van der Waals surface area contributed by atoms with Crippen LogP contribution in [0, 0.1) is 5.41 Å². The zero-order valence-corrected chi connectivity index (χ0v) is 12.8. The normalized spacial score (nSPS) is 11.2. The van der Waals surface area contributed by atoms with Crippen molar-refractivity contribution in [1.82, 2.24) is 15.3 Å². The molecule has 1 aromatic carbocycles. The molecule has 2 aromatic rings. The molecule has 0 unspecified atom stereocenters. The van der Waals surface area contributed by atoms with Crippen LogP contribution in [0.15, 0.2) is 43.0 Å². The molecule has 1 amide bonds. The Bertz CT molecular complexity index is 586. The van der Waals surface area contributed by atoms with Crippen molar-refractivity contribution in [3.05, 3.63) is 59.7 Å². The highest BCUT2D eigenvalue weighted by atomic mass is 16.1. The number of carbonyl (C=O) groups excluding carboxylic acids is 1. The molecule has 0 saturated carbocycles. The first-order valence-electron chi connectivity index (χ1n) is 7.05. The smallest absolute Gasteiger partial charge is 0.251 e. The molecule has 0 fully saturated rings. The predicted octanol–water partition coefficient (Wildman–Crippen LogP) is 3.00. The maximum Gasteiger partial charge on any atom is 0.251 e. The number of hydrogen-bond acceptors (Lipinski definition) is 3. The lowest BCUT2D eigenvalue weighted by atomic mass is 9.88. The second-order valence-corrected chi connectivity index (χ2v) is 6.36. The first-order valence-corrected chi connectivity index (χ1v) is 7.05. The van der Waals surface area contributed by atoms with Gasteiger partial charge in [0.25, 0.3) is 5.91 Å². The lowest BCUT2D eigenvalue weighted by molar-refractivity contribution is 0.0951. The molecule has 0 saturated heterocycles. The van der Waals surface area contributed by atoms with Crippen molar-refractivity contribution in [2.24, 2.45) is 5.41 Å². The lowest BCUT2D eigenvalue weighted by Gasteiger charge is -2.18. The SMILES string of the molecule is CC(C)(C)Cc1ccc(C(=O)NCc2cncnc2)cc1. The van der Waals surface area contributed by atoms with Gasteiger partial charge in [-0.3, -0.25) is 4.79 Å². The van der Waals surface area contributed by atoms with Crippen LogP contribution >= 0.6 is 0 Å². The Morgan fingerprint density at radius 3 is 2.24 bits per heavy atom. The van der Waals surface area contributed by atoms with E-state index in [0.717, 1.165) is 12.0 Å². The number of nitrogens with zero attached hydrogens (tertiary/aromatic N) is 2. The van der Waals surface area contributed by atoms with Gasteiger partial charge in [-0.05, 0) is 29.5 Å². The molecule has 1 N–H and O–H groups in total. The molecule has 1 heterocycles. The van der Waals surface area contributed by atoms with Crippen LogP contribution in [-0.4, -0.2) is 15.9 Å². The molecule has 0 aliphatic carbocycles. The molecule has 0 spiro atoms. The van der Waals surface area contributed by atoms with Gasteiger partial charge in [-0.15, -0.1) is 0 Å². The molecule has 0 atom stereocenters. The van der Waals surface area contributed by atoms with Crippen LogP contribution in [0.5, 0.6) is 0 Å². The van der Waals surface area contributed by atoms with Crippen molar-refractivity contribution in [2.75, 3.05) is 0 Å². The molecular weight excluding hydrogens is 262 g/mol. The summed E-state index contributed by atoms with van der Waals surface area (Å²) in [4.78, 5) is 19.9. The third-order valence-corrected chi connectivity index (χ3v) is 3.02. The van der Waals surface area contributed by atoms with Crippen molar-refractivity contribution < 1.29 is 4.79 Å². The van der Waals surface area contributed by atoms with Gasteiger partial charge < -0.3 is 5.32 Å². The molecule has 21 heavy (non-hydrogen) atoms. The zero-order valence-electron chi connectivity index (χ0n) is 12.8. The third-order valence-electron chi connectivity index (χ3n) is 3.02.